The first kappa shape index (κ1) is 10.6. The second-order valence-electron chi connectivity index (χ2n) is 3.92. The summed E-state index contributed by atoms with van der Waals surface area (Å²) in [5.74, 6) is 0.374. The van der Waals surface area contributed by atoms with Crippen LogP contribution in [0.2, 0.25) is 0 Å². The van der Waals surface area contributed by atoms with Gasteiger partial charge in [-0.05, 0) is 36.9 Å². The lowest BCUT2D eigenvalue weighted by atomic mass is 9.74. The number of hydrogen-bond donors (Lipinski definition) is 3. The first-order valence-electron chi connectivity index (χ1n) is 5.29. The van der Waals surface area contributed by atoms with Gasteiger partial charge in [-0.3, -0.25) is 4.98 Å². The normalized spacial score (nSPS) is 21.3. The summed E-state index contributed by atoms with van der Waals surface area (Å²) in [6.45, 7) is 1.96. The first-order valence-corrected chi connectivity index (χ1v) is 5.29. The van der Waals surface area contributed by atoms with Crippen molar-refractivity contribution in [2.45, 2.75) is 18.8 Å². The lowest BCUT2D eigenvalue weighted by molar-refractivity contribution is 0.422. The zero-order chi connectivity index (χ0) is 10.7. The highest BCUT2D eigenvalue weighted by Gasteiger charge is 2.23. The molecule has 15 heavy (non-hydrogen) atoms. The molecular formula is C10H15BN2O2. The molecule has 1 aromatic heterocycles. The monoisotopic (exact) mass is 206 g/mol. The number of hydrogen-bond acceptors (Lipinski definition) is 4. The van der Waals surface area contributed by atoms with Crippen molar-refractivity contribution in [1.29, 1.82) is 0 Å². The van der Waals surface area contributed by atoms with Crippen molar-refractivity contribution < 1.29 is 10.0 Å². The van der Waals surface area contributed by atoms with Gasteiger partial charge in [-0.25, -0.2) is 0 Å². The molecule has 1 aliphatic rings. The fourth-order valence-corrected chi connectivity index (χ4v) is 2.12. The van der Waals surface area contributed by atoms with Gasteiger partial charge in [-0.2, -0.15) is 0 Å². The van der Waals surface area contributed by atoms with E-state index < -0.39 is 7.12 Å². The van der Waals surface area contributed by atoms with Gasteiger partial charge >= 0.3 is 7.12 Å². The molecule has 1 saturated heterocycles. The summed E-state index contributed by atoms with van der Waals surface area (Å²) in [5.41, 5.74) is 1.54. The lowest BCUT2D eigenvalue weighted by Crippen LogP contribution is -2.38. The van der Waals surface area contributed by atoms with Gasteiger partial charge in [0.1, 0.15) is 0 Å². The fourth-order valence-electron chi connectivity index (χ4n) is 2.12. The van der Waals surface area contributed by atoms with Crippen LogP contribution in [0.1, 0.15) is 24.3 Å². The van der Waals surface area contributed by atoms with Crippen molar-refractivity contribution in [3.05, 3.63) is 24.0 Å². The Hall–Kier alpha value is -0.905. The van der Waals surface area contributed by atoms with E-state index in [1.54, 1.807) is 6.20 Å². The van der Waals surface area contributed by atoms with Crippen LogP contribution in [-0.2, 0) is 0 Å². The molecule has 0 aliphatic carbocycles. The Kier molecular flexibility index (Phi) is 3.35. The van der Waals surface area contributed by atoms with Gasteiger partial charge in [0.15, 0.2) is 0 Å². The molecule has 0 spiro atoms. The van der Waals surface area contributed by atoms with Crippen molar-refractivity contribution in [2.75, 3.05) is 13.1 Å². The van der Waals surface area contributed by atoms with E-state index in [2.05, 4.69) is 10.3 Å². The molecule has 1 fully saturated rings. The third kappa shape index (κ3) is 2.37. The number of aromatic nitrogens is 1. The van der Waals surface area contributed by atoms with Gasteiger partial charge < -0.3 is 15.4 Å². The molecule has 1 aromatic rings. The zero-order valence-corrected chi connectivity index (χ0v) is 8.56. The van der Waals surface area contributed by atoms with Crippen LogP contribution in [0.5, 0.6) is 0 Å². The molecule has 0 radical (unpaired) electrons. The van der Waals surface area contributed by atoms with E-state index in [0.717, 1.165) is 31.5 Å². The van der Waals surface area contributed by atoms with Crippen LogP contribution in [-0.4, -0.2) is 35.2 Å². The van der Waals surface area contributed by atoms with Gasteiger partial charge in [-0.1, -0.05) is 0 Å². The molecule has 2 rings (SSSR count). The Bertz CT molecular complexity index is 327. The predicted octanol–water partition coefficient (Wildman–Crippen LogP) is -0.772. The third-order valence-electron chi connectivity index (χ3n) is 2.90. The molecule has 0 bridgehead atoms. The highest BCUT2D eigenvalue weighted by molar-refractivity contribution is 6.59. The largest absolute Gasteiger partial charge is 0.490 e. The molecule has 80 valence electrons. The number of rotatable bonds is 2. The molecule has 1 atom stereocenters. The molecule has 5 heteroatoms. The molecule has 0 saturated carbocycles. The predicted molar refractivity (Wildman–Crippen MR) is 58.9 cm³/mol. The zero-order valence-electron chi connectivity index (χ0n) is 8.56. The van der Waals surface area contributed by atoms with Crippen LogP contribution in [0.4, 0.5) is 0 Å². The Morgan fingerprint density at radius 2 is 2.33 bits per heavy atom. The van der Waals surface area contributed by atoms with Gasteiger partial charge in [0.2, 0.25) is 0 Å². The average Bonchev–Trinajstić information content (AvgIpc) is 2.30. The minimum atomic E-state index is -1.42. The SMILES string of the molecule is OB(O)c1cnccc1C1CCCNC1. The molecule has 0 aromatic carbocycles. The maximum Gasteiger partial charge on any atom is 0.490 e. The minimum absolute atomic E-state index is 0.374. The van der Waals surface area contributed by atoms with Crippen LogP contribution >= 0.6 is 0 Å². The molecule has 4 nitrogen and oxygen atoms in total. The van der Waals surface area contributed by atoms with Crippen LogP contribution in [0.3, 0.4) is 0 Å². The summed E-state index contributed by atoms with van der Waals surface area (Å²) < 4.78 is 0. The van der Waals surface area contributed by atoms with E-state index in [4.69, 9.17) is 0 Å². The van der Waals surface area contributed by atoms with Crippen LogP contribution < -0.4 is 10.8 Å². The van der Waals surface area contributed by atoms with Crippen molar-refractivity contribution in [3.8, 4) is 0 Å². The quantitative estimate of drug-likeness (QED) is 0.556. The minimum Gasteiger partial charge on any atom is -0.423 e. The van der Waals surface area contributed by atoms with E-state index in [1.165, 1.54) is 6.20 Å². The Morgan fingerprint density at radius 3 is 3.00 bits per heavy atom. The van der Waals surface area contributed by atoms with Crippen molar-refractivity contribution in [3.63, 3.8) is 0 Å². The average molecular weight is 206 g/mol. The van der Waals surface area contributed by atoms with Gasteiger partial charge in [-0.15, -0.1) is 0 Å². The van der Waals surface area contributed by atoms with Crippen molar-refractivity contribution >= 4 is 12.6 Å². The van der Waals surface area contributed by atoms with E-state index in [-0.39, 0.29) is 0 Å². The summed E-state index contributed by atoms with van der Waals surface area (Å²) >= 11 is 0. The number of nitrogens with one attached hydrogen (secondary N) is 1. The first-order chi connectivity index (χ1) is 7.29. The summed E-state index contributed by atoms with van der Waals surface area (Å²) in [5, 5.41) is 21.8. The summed E-state index contributed by atoms with van der Waals surface area (Å²) in [6.07, 6.45) is 5.47. The molecule has 1 aliphatic heterocycles. The van der Waals surface area contributed by atoms with Crippen molar-refractivity contribution in [2.24, 2.45) is 0 Å². The maximum absolute atomic E-state index is 9.23. The number of nitrogens with zero attached hydrogens (tertiary/aromatic N) is 1. The second kappa shape index (κ2) is 4.74. The fraction of sp³-hybridized carbons (Fsp3) is 0.500. The van der Waals surface area contributed by atoms with Gasteiger partial charge in [0, 0.05) is 24.4 Å². The van der Waals surface area contributed by atoms with Crippen LogP contribution in [0.15, 0.2) is 18.5 Å². The number of piperidine rings is 1. The van der Waals surface area contributed by atoms with Crippen LogP contribution in [0.25, 0.3) is 0 Å². The Balaban J connectivity index is 2.25. The van der Waals surface area contributed by atoms with Crippen molar-refractivity contribution in [1.82, 2.24) is 10.3 Å². The summed E-state index contributed by atoms with van der Waals surface area (Å²) in [6, 6.07) is 1.88. The van der Waals surface area contributed by atoms with Gasteiger partial charge in [0.25, 0.3) is 0 Å². The molecule has 3 N–H and O–H groups in total. The molecule has 2 heterocycles. The highest BCUT2D eigenvalue weighted by Crippen LogP contribution is 2.21. The third-order valence-corrected chi connectivity index (χ3v) is 2.90. The van der Waals surface area contributed by atoms with E-state index in [1.807, 2.05) is 6.07 Å². The smallest absolute Gasteiger partial charge is 0.423 e. The van der Waals surface area contributed by atoms with Crippen LogP contribution in [0, 0.1) is 0 Å². The van der Waals surface area contributed by atoms with E-state index >= 15 is 0 Å². The lowest BCUT2D eigenvalue weighted by Gasteiger charge is -2.24. The second-order valence-corrected chi connectivity index (χ2v) is 3.92. The maximum atomic E-state index is 9.23. The number of pyridine rings is 1. The molecule has 1 unspecified atom stereocenters. The Labute approximate surface area is 89.5 Å². The highest BCUT2D eigenvalue weighted by atomic mass is 16.4. The molecular weight excluding hydrogens is 191 g/mol. The van der Waals surface area contributed by atoms with E-state index in [9.17, 15) is 10.0 Å². The van der Waals surface area contributed by atoms with E-state index in [0.29, 0.717) is 11.4 Å². The molecule has 0 amide bonds. The topological polar surface area (TPSA) is 65.4 Å². The Morgan fingerprint density at radius 1 is 1.47 bits per heavy atom. The summed E-state index contributed by atoms with van der Waals surface area (Å²) in [7, 11) is -1.42. The standard InChI is InChI=1S/C10H15BN2O2/c14-11(15)10-7-13-5-3-9(10)8-2-1-4-12-6-8/h3,5,7-8,12,14-15H,1-2,4,6H2. The summed E-state index contributed by atoms with van der Waals surface area (Å²) in [4.78, 5) is 3.92. The van der Waals surface area contributed by atoms with Gasteiger partial charge in [0.05, 0.1) is 0 Å².